The molecule has 6 nitrogen and oxygen atoms in total. The number of methoxy groups -OCH3 is 1. The topological polar surface area (TPSA) is 61.9 Å². The van der Waals surface area contributed by atoms with E-state index in [2.05, 4.69) is 5.32 Å². The SMILES string of the molecule is COCC(=O)NCC1CCN(C(=O)N(C)C)CC1. The van der Waals surface area contributed by atoms with Gasteiger partial charge in [-0.2, -0.15) is 0 Å². The Balaban J connectivity index is 2.23. The largest absolute Gasteiger partial charge is 0.375 e. The second-order valence-corrected chi connectivity index (χ2v) is 4.84. The molecule has 0 aromatic carbocycles. The first kappa shape index (κ1) is 14.8. The fourth-order valence-electron chi connectivity index (χ4n) is 2.05. The monoisotopic (exact) mass is 257 g/mol. The highest BCUT2D eigenvalue weighted by Crippen LogP contribution is 2.17. The Morgan fingerprint density at radius 1 is 1.33 bits per heavy atom. The number of nitrogens with one attached hydrogen (secondary N) is 1. The number of likely N-dealkylation sites (tertiary alicyclic amines) is 1. The first-order valence-corrected chi connectivity index (χ1v) is 6.26. The number of hydrogen-bond donors (Lipinski definition) is 1. The Morgan fingerprint density at radius 2 is 1.94 bits per heavy atom. The van der Waals surface area contributed by atoms with Crippen LogP contribution in [0.25, 0.3) is 0 Å². The fourth-order valence-corrected chi connectivity index (χ4v) is 2.05. The first-order valence-electron chi connectivity index (χ1n) is 6.26. The van der Waals surface area contributed by atoms with E-state index in [1.165, 1.54) is 7.11 Å². The number of nitrogens with zero attached hydrogens (tertiary/aromatic N) is 2. The predicted octanol–water partition coefficient (Wildman–Crippen LogP) is 0.143. The zero-order valence-corrected chi connectivity index (χ0v) is 11.4. The summed E-state index contributed by atoms with van der Waals surface area (Å²) in [5.74, 6) is 0.376. The highest BCUT2D eigenvalue weighted by atomic mass is 16.5. The van der Waals surface area contributed by atoms with Crippen molar-refractivity contribution in [3.8, 4) is 0 Å². The van der Waals surface area contributed by atoms with Gasteiger partial charge in [0.2, 0.25) is 5.91 Å². The Hall–Kier alpha value is -1.30. The highest BCUT2D eigenvalue weighted by molar-refractivity contribution is 5.77. The fraction of sp³-hybridized carbons (Fsp3) is 0.833. The normalized spacial score (nSPS) is 16.5. The second kappa shape index (κ2) is 7.20. The number of piperidine rings is 1. The molecule has 1 N–H and O–H groups in total. The van der Waals surface area contributed by atoms with Gasteiger partial charge < -0.3 is 19.9 Å². The molecule has 3 amide bonds. The van der Waals surface area contributed by atoms with Gasteiger partial charge in [-0.05, 0) is 18.8 Å². The molecule has 1 rings (SSSR count). The number of amides is 3. The molecule has 104 valence electrons. The van der Waals surface area contributed by atoms with Crippen LogP contribution < -0.4 is 5.32 Å². The van der Waals surface area contributed by atoms with Crippen LogP contribution in [0.5, 0.6) is 0 Å². The van der Waals surface area contributed by atoms with Crippen LogP contribution >= 0.6 is 0 Å². The van der Waals surface area contributed by atoms with Gasteiger partial charge in [-0.1, -0.05) is 0 Å². The lowest BCUT2D eigenvalue weighted by Crippen LogP contribution is -2.45. The molecule has 0 radical (unpaired) electrons. The molecule has 0 unspecified atom stereocenters. The molecule has 0 atom stereocenters. The van der Waals surface area contributed by atoms with E-state index in [1.54, 1.807) is 19.0 Å². The zero-order valence-electron chi connectivity index (χ0n) is 11.4. The van der Waals surface area contributed by atoms with Crippen molar-refractivity contribution in [2.75, 3.05) is 47.4 Å². The Kier molecular flexibility index (Phi) is 5.91. The Morgan fingerprint density at radius 3 is 2.44 bits per heavy atom. The van der Waals surface area contributed by atoms with E-state index in [4.69, 9.17) is 4.74 Å². The van der Waals surface area contributed by atoms with Crippen LogP contribution in [-0.4, -0.2) is 69.2 Å². The van der Waals surface area contributed by atoms with Crippen LogP contribution in [0, 0.1) is 5.92 Å². The van der Waals surface area contributed by atoms with Gasteiger partial charge in [0, 0.05) is 40.8 Å². The molecule has 1 aliphatic heterocycles. The lowest BCUT2D eigenvalue weighted by atomic mass is 9.97. The third-order valence-corrected chi connectivity index (χ3v) is 3.13. The predicted molar refractivity (Wildman–Crippen MR) is 68.3 cm³/mol. The van der Waals surface area contributed by atoms with Gasteiger partial charge in [-0.15, -0.1) is 0 Å². The number of rotatable bonds is 4. The zero-order chi connectivity index (χ0) is 13.5. The van der Waals surface area contributed by atoms with Crippen molar-refractivity contribution in [2.24, 2.45) is 5.92 Å². The van der Waals surface area contributed by atoms with Gasteiger partial charge in [0.25, 0.3) is 0 Å². The number of carbonyl (C=O) groups excluding carboxylic acids is 2. The molecule has 1 fully saturated rings. The summed E-state index contributed by atoms with van der Waals surface area (Å²) < 4.78 is 4.75. The van der Waals surface area contributed by atoms with E-state index in [0.717, 1.165) is 25.9 Å². The molecule has 1 saturated heterocycles. The summed E-state index contributed by atoms with van der Waals surface area (Å²) in [5.41, 5.74) is 0. The van der Waals surface area contributed by atoms with Crippen molar-refractivity contribution in [3.05, 3.63) is 0 Å². The van der Waals surface area contributed by atoms with Gasteiger partial charge in [-0.3, -0.25) is 4.79 Å². The van der Waals surface area contributed by atoms with E-state index in [0.29, 0.717) is 12.5 Å². The standard InChI is InChI=1S/C12H23N3O3/c1-14(2)12(17)15-6-4-10(5-7-15)8-13-11(16)9-18-3/h10H,4-9H2,1-3H3,(H,13,16). The van der Waals surface area contributed by atoms with Crippen molar-refractivity contribution >= 4 is 11.9 Å². The molecule has 1 aliphatic rings. The van der Waals surface area contributed by atoms with E-state index in [-0.39, 0.29) is 18.5 Å². The van der Waals surface area contributed by atoms with Crippen molar-refractivity contribution in [1.82, 2.24) is 15.1 Å². The van der Waals surface area contributed by atoms with Gasteiger partial charge in [0.15, 0.2) is 0 Å². The number of ether oxygens (including phenoxy) is 1. The molecule has 0 aliphatic carbocycles. The van der Waals surface area contributed by atoms with Gasteiger partial charge in [0.1, 0.15) is 6.61 Å². The maximum absolute atomic E-state index is 11.7. The van der Waals surface area contributed by atoms with Crippen LogP contribution in [0.3, 0.4) is 0 Å². The van der Waals surface area contributed by atoms with Crippen LogP contribution in [0.2, 0.25) is 0 Å². The van der Waals surface area contributed by atoms with E-state index in [9.17, 15) is 9.59 Å². The molecule has 0 aromatic rings. The maximum Gasteiger partial charge on any atom is 0.319 e. The summed E-state index contributed by atoms with van der Waals surface area (Å²) in [6.07, 6.45) is 1.87. The molecule has 0 bridgehead atoms. The van der Waals surface area contributed by atoms with Gasteiger partial charge in [-0.25, -0.2) is 4.79 Å². The maximum atomic E-state index is 11.7. The minimum Gasteiger partial charge on any atom is -0.375 e. The number of carbonyl (C=O) groups is 2. The van der Waals surface area contributed by atoms with E-state index >= 15 is 0 Å². The first-order chi connectivity index (χ1) is 8.54. The lowest BCUT2D eigenvalue weighted by molar-refractivity contribution is -0.125. The highest BCUT2D eigenvalue weighted by Gasteiger charge is 2.23. The minimum absolute atomic E-state index is 0.0665. The average Bonchev–Trinajstić information content (AvgIpc) is 2.36. The summed E-state index contributed by atoms with van der Waals surface area (Å²) in [6.45, 7) is 2.31. The number of hydrogen-bond acceptors (Lipinski definition) is 3. The molecule has 6 heteroatoms. The van der Waals surface area contributed by atoms with E-state index < -0.39 is 0 Å². The molecule has 1 heterocycles. The summed E-state index contributed by atoms with van der Waals surface area (Å²) >= 11 is 0. The summed E-state index contributed by atoms with van der Waals surface area (Å²) in [5, 5.41) is 2.84. The summed E-state index contributed by atoms with van der Waals surface area (Å²) in [6, 6.07) is 0.0665. The Labute approximate surface area is 108 Å². The van der Waals surface area contributed by atoms with Crippen molar-refractivity contribution in [3.63, 3.8) is 0 Å². The van der Waals surface area contributed by atoms with Gasteiger partial charge >= 0.3 is 6.03 Å². The molecular weight excluding hydrogens is 234 g/mol. The molecule has 18 heavy (non-hydrogen) atoms. The lowest BCUT2D eigenvalue weighted by Gasteiger charge is -2.33. The van der Waals surface area contributed by atoms with Crippen LogP contribution in [0.4, 0.5) is 4.79 Å². The summed E-state index contributed by atoms with van der Waals surface area (Å²) in [4.78, 5) is 26.4. The summed E-state index contributed by atoms with van der Waals surface area (Å²) in [7, 11) is 5.03. The van der Waals surface area contributed by atoms with Crippen molar-refractivity contribution in [1.29, 1.82) is 0 Å². The number of urea groups is 1. The third kappa shape index (κ3) is 4.52. The molecule has 0 aromatic heterocycles. The molecular formula is C12H23N3O3. The Bertz CT molecular complexity index is 286. The molecule has 0 spiro atoms. The quantitative estimate of drug-likeness (QED) is 0.779. The van der Waals surface area contributed by atoms with Gasteiger partial charge in [0.05, 0.1) is 0 Å². The smallest absolute Gasteiger partial charge is 0.319 e. The minimum atomic E-state index is -0.0794. The third-order valence-electron chi connectivity index (χ3n) is 3.13. The molecule has 0 saturated carbocycles. The average molecular weight is 257 g/mol. The van der Waals surface area contributed by atoms with Crippen LogP contribution in [0.1, 0.15) is 12.8 Å². The van der Waals surface area contributed by atoms with Crippen LogP contribution in [0.15, 0.2) is 0 Å². The van der Waals surface area contributed by atoms with Crippen molar-refractivity contribution in [2.45, 2.75) is 12.8 Å². The van der Waals surface area contributed by atoms with E-state index in [1.807, 2.05) is 4.90 Å². The van der Waals surface area contributed by atoms with Crippen LogP contribution in [-0.2, 0) is 9.53 Å². The second-order valence-electron chi connectivity index (χ2n) is 4.84. The van der Waals surface area contributed by atoms with Crippen molar-refractivity contribution < 1.29 is 14.3 Å².